The van der Waals surface area contributed by atoms with Crippen LogP contribution in [0.3, 0.4) is 0 Å². The molecule has 1 aliphatic carbocycles. The highest BCUT2D eigenvalue weighted by Crippen LogP contribution is 2.41. The second kappa shape index (κ2) is 12.1. The fourth-order valence-electron chi connectivity index (χ4n) is 5.85. The van der Waals surface area contributed by atoms with Crippen molar-refractivity contribution in [3.63, 3.8) is 0 Å². The van der Waals surface area contributed by atoms with Crippen molar-refractivity contribution in [2.45, 2.75) is 46.1 Å². The normalized spacial score (nSPS) is 16.5. The second-order valence-electron chi connectivity index (χ2n) is 11.1. The Balaban J connectivity index is 1.34. The van der Waals surface area contributed by atoms with Gasteiger partial charge in [-0.1, -0.05) is 67.1 Å². The van der Waals surface area contributed by atoms with Gasteiger partial charge in [-0.25, -0.2) is 13.6 Å². The molecule has 0 saturated carbocycles. The minimum absolute atomic E-state index is 0.0973. The predicted molar refractivity (Wildman–Crippen MR) is 161 cm³/mol. The molecular weight excluding hydrogens is 532 g/mol. The number of benzene rings is 4. The Morgan fingerprint density at radius 2 is 1.57 bits per heavy atom. The van der Waals surface area contributed by atoms with Gasteiger partial charge in [0.25, 0.3) is 5.91 Å². The van der Waals surface area contributed by atoms with Crippen LogP contribution in [0.4, 0.5) is 8.78 Å². The Hall–Kier alpha value is -4.58. The predicted octanol–water partition coefficient (Wildman–Crippen LogP) is 8.42. The molecule has 0 heterocycles. The van der Waals surface area contributed by atoms with Crippen LogP contribution in [0, 0.1) is 17.6 Å². The molecule has 0 spiro atoms. The first-order valence-electron chi connectivity index (χ1n) is 14.1. The fraction of sp³-hybridized carbons (Fsp3) is 0.222. The number of aromatic carboxylic acids is 1. The molecule has 4 aromatic rings. The van der Waals surface area contributed by atoms with Gasteiger partial charge >= 0.3 is 5.97 Å². The van der Waals surface area contributed by atoms with Gasteiger partial charge in [-0.05, 0) is 108 Å². The minimum Gasteiger partial charge on any atom is -0.478 e. The average molecular weight is 566 g/mol. The van der Waals surface area contributed by atoms with Crippen molar-refractivity contribution < 1.29 is 23.5 Å². The summed E-state index contributed by atoms with van der Waals surface area (Å²) in [6, 6.07) is 24.6. The van der Waals surface area contributed by atoms with E-state index in [1.807, 2.05) is 42.5 Å². The first kappa shape index (κ1) is 28.9. The van der Waals surface area contributed by atoms with Gasteiger partial charge in [-0.15, -0.1) is 0 Å². The number of nitrogens with one attached hydrogen (secondary N) is 1. The minimum atomic E-state index is -0.942. The Morgan fingerprint density at radius 3 is 2.29 bits per heavy atom. The van der Waals surface area contributed by atoms with Crippen molar-refractivity contribution in [1.82, 2.24) is 5.32 Å². The number of hydrogen-bond acceptors (Lipinski definition) is 2. The summed E-state index contributed by atoms with van der Waals surface area (Å²) in [6.45, 7) is 6.57. The molecule has 214 valence electrons. The fourth-order valence-corrected chi connectivity index (χ4v) is 5.85. The molecule has 1 aliphatic rings. The van der Waals surface area contributed by atoms with Crippen molar-refractivity contribution in [3.8, 4) is 11.1 Å². The summed E-state index contributed by atoms with van der Waals surface area (Å²) in [5, 5.41) is 12.4. The highest BCUT2D eigenvalue weighted by molar-refractivity contribution is 5.96. The number of rotatable bonds is 7. The number of halogens is 2. The van der Waals surface area contributed by atoms with Crippen LogP contribution >= 0.6 is 0 Å². The number of allylic oxidation sites excluding steroid dienone is 2. The second-order valence-corrected chi connectivity index (χ2v) is 11.1. The van der Waals surface area contributed by atoms with E-state index in [0.717, 1.165) is 41.7 Å². The van der Waals surface area contributed by atoms with Crippen LogP contribution in [0.1, 0.15) is 76.1 Å². The smallest absolute Gasteiger partial charge is 0.336 e. The lowest BCUT2D eigenvalue weighted by molar-refractivity contribution is 0.0697. The van der Waals surface area contributed by atoms with Crippen molar-refractivity contribution in [2.75, 3.05) is 0 Å². The van der Waals surface area contributed by atoms with Crippen molar-refractivity contribution in [1.29, 1.82) is 0 Å². The van der Waals surface area contributed by atoms with Crippen LogP contribution in [0.2, 0.25) is 0 Å². The summed E-state index contributed by atoms with van der Waals surface area (Å²) in [4.78, 5) is 24.6. The van der Waals surface area contributed by atoms with Gasteiger partial charge in [-0.3, -0.25) is 4.79 Å². The van der Waals surface area contributed by atoms with Gasteiger partial charge in [0.1, 0.15) is 0 Å². The average Bonchev–Trinajstić information content (AvgIpc) is 3.08. The van der Waals surface area contributed by atoms with E-state index in [0.29, 0.717) is 22.6 Å². The molecule has 2 atom stereocenters. The summed E-state index contributed by atoms with van der Waals surface area (Å²) in [5.41, 5.74) is 8.74. The Bertz CT molecular complexity index is 1690. The molecule has 2 N–H and O–H groups in total. The standard InChI is InChI=1S/C36H33F2NO3/c1-21-16-28(17-24-8-11-26(12-9-24)30-6-4-5-7-31(30)36(41)42)23(3)29-14-13-27(19-32(29)22(21)2)35(40)39-20-25-10-15-33(37)34(38)18-25/h4-15,18-19,23,28H,16-17,20H2,1-3H3,(H,39,40)(H,41,42). The van der Waals surface area contributed by atoms with Gasteiger partial charge in [0, 0.05) is 12.1 Å². The van der Waals surface area contributed by atoms with Crippen molar-refractivity contribution >= 4 is 17.4 Å². The van der Waals surface area contributed by atoms with Crippen LogP contribution in [0.15, 0.2) is 90.5 Å². The van der Waals surface area contributed by atoms with Crippen LogP contribution in [0.25, 0.3) is 16.7 Å². The summed E-state index contributed by atoms with van der Waals surface area (Å²) in [5.74, 6) is -2.50. The lowest BCUT2D eigenvalue weighted by Crippen LogP contribution is -2.23. The first-order valence-corrected chi connectivity index (χ1v) is 14.1. The van der Waals surface area contributed by atoms with E-state index < -0.39 is 17.6 Å². The lowest BCUT2D eigenvalue weighted by Gasteiger charge is -2.24. The monoisotopic (exact) mass is 565 g/mol. The SMILES string of the molecule is CC1=C(C)c2cc(C(=O)NCc3ccc(F)c(F)c3)ccc2C(C)C(Cc2ccc(-c3ccccc3C(=O)O)cc2)C1. The summed E-state index contributed by atoms with van der Waals surface area (Å²) in [6.07, 6.45) is 1.78. The molecule has 5 rings (SSSR count). The third-order valence-corrected chi connectivity index (χ3v) is 8.48. The maximum Gasteiger partial charge on any atom is 0.336 e. The summed E-state index contributed by atoms with van der Waals surface area (Å²) >= 11 is 0. The van der Waals surface area contributed by atoms with Gasteiger partial charge in [-0.2, -0.15) is 0 Å². The maximum atomic E-state index is 13.6. The lowest BCUT2D eigenvalue weighted by atomic mass is 9.80. The molecule has 4 aromatic carbocycles. The highest BCUT2D eigenvalue weighted by atomic mass is 19.2. The van der Waals surface area contributed by atoms with Gasteiger partial charge in [0.05, 0.1) is 5.56 Å². The van der Waals surface area contributed by atoms with Crippen molar-refractivity contribution in [3.05, 3.63) is 136 Å². The maximum absolute atomic E-state index is 13.6. The zero-order valence-electron chi connectivity index (χ0n) is 23.9. The molecule has 0 bridgehead atoms. The molecule has 0 radical (unpaired) electrons. The quantitative estimate of drug-likeness (QED) is 0.236. The topological polar surface area (TPSA) is 66.4 Å². The molecule has 0 aromatic heterocycles. The Labute approximate surface area is 244 Å². The number of amides is 1. The zero-order valence-corrected chi connectivity index (χ0v) is 23.9. The van der Waals surface area contributed by atoms with Gasteiger partial charge < -0.3 is 10.4 Å². The van der Waals surface area contributed by atoms with Crippen LogP contribution < -0.4 is 5.32 Å². The van der Waals surface area contributed by atoms with E-state index >= 15 is 0 Å². The number of carboxylic acids is 1. The van der Waals surface area contributed by atoms with Crippen LogP contribution in [-0.4, -0.2) is 17.0 Å². The highest BCUT2D eigenvalue weighted by Gasteiger charge is 2.27. The molecule has 6 heteroatoms. The third-order valence-electron chi connectivity index (χ3n) is 8.48. The molecule has 2 unspecified atom stereocenters. The van der Waals surface area contributed by atoms with E-state index in [1.165, 1.54) is 22.8 Å². The van der Waals surface area contributed by atoms with Gasteiger partial charge in [0.15, 0.2) is 11.6 Å². The first-order chi connectivity index (χ1) is 20.1. The molecule has 0 saturated heterocycles. The largest absolute Gasteiger partial charge is 0.478 e. The molecule has 0 aliphatic heterocycles. The molecule has 42 heavy (non-hydrogen) atoms. The third kappa shape index (κ3) is 6.03. The summed E-state index contributed by atoms with van der Waals surface area (Å²) < 4.78 is 26.8. The Kier molecular flexibility index (Phi) is 8.34. The van der Waals surface area contributed by atoms with E-state index in [1.54, 1.807) is 12.1 Å². The van der Waals surface area contributed by atoms with Crippen LogP contribution in [0.5, 0.6) is 0 Å². The van der Waals surface area contributed by atoms with E-state index in [2.05, 4.69) is 38.2 Å². The number of carboxylic acid groups (broad SMARTS) is 1. The molecular formula is C36H33F2NO3. The Morgan fingerprint density at radius 1 is 0.857 bits per heavy atom. The number of carbonyl (C=O) groups is 2. The van der Waals surface area contributed by atoms with Crippen molar-refractivity contribution in [2.24, 2.45) is 5.92 Å². The number of hydrogen-bond donors (Lipinski definition) is 2. The van der Waals surface area contributed by atoms with E-state index in [9.17, 15) is 23.5 Å². The van der Waals surface area contributed by atoms with Gasteiger partial charge in [0.2, 0.25) is 0 Å². The van der Waals surface area contributed by atoms with Crippen LogP contribution in [-0.2, 0) is 13.0 Å². The molecule has 4 nitrogen and oxygen atoms in total. The molecule has 0 fully saturated rings. The van der Waals surface area contributed by atoms with E-state index in [-0.39, 0.29) is 23.9 Å². The van der Waals surface area contributed by atoms with E-state index in [4.69, 9.17) is 0 Å². The number of fused-ring (bicyclic) bond motifs is 1. The summed E-state index contributed by atoms with van der Waals surface area (Å²) in [7, 11) is 0. The zero-order chi connectivity index (χ0) is 30.0. The molecule has 1 amide bonds. The number of carbonyl (C=O) groups excluding carboxylic acids is 1.